The highest BCUT2D eigenvalue weighted by atomic mass is 32.2. The van der Waals surface area contributed by atoms with Crippen LogP contribution in [0.3, 0.4) is 0 Å². The molecule has 4 aliphatic rings. The smallest absolute Gasteiger partial charge is 0.333 e. The number of benzene rings is 3. The molecule has 1 fully saturated rings. The minimum atomic E-state index is -4.73. The van der Waals surface area contributed by atoms with E-state index >= 15 is 0 Å². The molecule has 3 aromatic carbocycles. The molecule has 14 heteroatoms. The molecule has 0 radical (unpaired) electrons. The Hall–Kier alpha value is -5.41. The Labute approximate surface area is 357 Å². The Balaban J connectivity index is 1.27. The van der Waals surface area contributed by atoms with Gasteiger partial charge in [0.25, 0.3) is 11.8 Å². The molecule has 61 heavy (non-hydrogen) atoms. The fourth-order valence-corrected chi connectivity index (χ4v) is 9.13. The van der Waals surface area contributed by atoms with E-state index in [1.54, 1.807) is 13.2 Å². The summed E-state index contributed by atoms with van der Waals surface area (Å²) >= 11 is 0. The van der Waals surface area contributed by atoms with Crippen LogP contribution >= 0.6 is 0 Å². The Morgan fingerprint density at radius 3 is 2.38 bits per heavy atom. The van der Waals surface area contributed by atoms with Gasteiger partial charge in [0.2, 0.25) is 5.69 Å². The van der Waals surface area contributed by atoms with Gasteiger partial charge in [-0.1, -0.05) is 36.4 Å². The molecule has 0 aliphatic carbocycles. The first-order valence-corrected chi connectivity index (χ1v) is 22.1. The normalized spacial score (nSPS) is 18.4. The van der Waals surface area contributed by atoms with Crippen LogP contribution in [0.15, 0.2) is 83.8 Å². The minimum Gasteiger partial charge on any atom is -0.744 e. The summed E-state index contributed by atoms with van der Waals surface area (Å²) in [6, 6.07) is 18.7. The van der Waals surface area contributed by atoms with Crippen molar-refractivity contribution < 1.29 is 51.0 Å². The number of fused-ring (bicyclic) bond motifs is 3. The van der Waals surface area contributed by atoms with Gasteiger partial charge in [-0.3, -0.25) is 9.59 Å². The van der Waals surface area contributed by atoms with Crippen LogP contribution in [0.25, 0.3) is 16.9 Å². The third-order valence-electron chi connectivity index (χ3n) is 11.8. The Kier molecular flexibility index (Phi) is 12.5. The lowest BCUT2D eigenvalue weighted by molar-refractivity contribution is -0.438. The monoisotopic (exact) mass is 851 g/mol. The average Bonchev–Trinajstić information content (AvgIpc) is 3.63. The van der Waals surface area contributed by atoms with Gasteiger partial charge < -0.3 is 28.5 Å². The van der Waals surface area contributed by atoms with Crippen LogP contribution in [-0.4, -0.2) is 91.7 Å². The van der Waals surface area contributed by atoms with Crippen LogP contribution in [-0.2, 0) is 44.2 Å². The lowest BCUT2D eigenvalue weighted by Gasteiger charge is -2.44. The molecule has 4 aliphatic heterocycles. The number of methoxy groups -OCH3 is 1. The van der Waals surface area contributed by atoms with Crippen molar-refractivity contribution in [3.63, 3.8) is 0 Å². The highest BCUT2D eigenvalue weighted by Gasteiger charge is 2.45. The standard InChI is InChI=1S/C47H53N3O10S/c1-31-30-46(2,3)49(21-22-58-24-23-57-6)39-29-41-36(28-35(31)39)33(25-40(59-41)32-13-9-7-10-14-32)26-42-47(4,5)37-27-34(61(54,55)56)16-17-38(37)48(42)20-12-8-11-15-45(53)60-50-43(51)18-19-44(50)52/h7,9-10,13-14,16-17,25-30H,8,11-12,15,18-24H2,1-6H3. The number of hydrogen-bond donors (Lipinski definition) is 0. The summed E-state index contributed by atoms with van der Waals surface area (Å²) in [6.45, 7) is 13.2. The van der Waals surface area contributed by atoms with Gasteiger partial charge >= 0.3 is 5.97 Å². The highest BCUT2D eigenvalue weighted by Crippen LogP contribution is 2.48. The number of imide groups is 1. The Bertz CT molecular complexity index is 2470. The zero-order valence-corrected chi connectivity index (χ0v) is 36.4. The molecule has 0 atom stereocenters. The highest BCUT2D eigenvalue weighted by molar-refractivity contribution is 7.85. The number of nitrogens with zero attached hydrogens (tertiary/aromatic N) is 3. The summed E-state index contributed by atoms with van der Waals surface area (Å²) in [5.41, 5.74) is 7.24. The second kappa shape index (κ2) is 17.5. The van der Waals surface area contributed by atoms with Crippen LogP contribution in [0.2, 0.25) is 0 Å². The van der Waals surface area contributed by atoms with Crippen LogP contribution in [0.4, 0.5) is 11.4 Å². The van der Waals surface area contributed by atoms with E-state index in [0.29, 0.717) is 74.3 Å². The van der Waals surface area contributed by atoms with E-state index in [0.717, 1.165) is 44.9 Å². The number of hydrogen-bond acceptors (Lipinski definition) is 11. The molecular formula is C47H53N3O10S. The van der Waals surface area contributed by atoms with Crippen LogP contribution in [0.1, 0.15) is 95.4 Å². The van der Waals surface area contributed by atoms with E-state index < -0.39 is 33.3 Å². The van der Waals surface area contributed by atoms with Crippen molar-refractivity contribution in [1.82, 2.24) is 5.06 Å². The summed E-state index contributed by atoms with van der Waals surface area (Å²) in [7, 11) is -3.08. The molecule has 0 unspecified atom stereocenters. The number of anilines is 1. The van der Waals surface area contributed by atoms with E-state index in [-0.39, 0.29) is 29.7 Å². The zero-order valence-electron chi connectivity index (χ0n) is 35.6. The summed E-state index contributed by atoms with van der Waals surface area (Å²) in [4.78, 5) is 43.5. The zero-order chi connectivity index (χ0) is 43.7. The number of amides is 2. The Morgan fingerprint density at radius 1 is 0.934 bits per heavy atom. The predicted molar refractivity (Wildman–Crippen MR) is 230 cm³/mol. The number of rotatable bonds is 16. The number of unbranched alkanes of at least 4 members (excludes halogenated alkanes) is 2. The third-order valence-corrected chi connectivity index (χ3v) is 12.6. The number of ether oxygens (including phenoxy) is 3. The first-order valence-electron chi connectivity index (χ1n) is 20.7. The molecule has 1 saturated heterocycles. The van der Waals surface area contributed by atoms with Crippen molar-refractivity contribution in [1.29, 1.82) is 0 Å². The first-order chi connectivity index (χ1) is 29.0. The quantitative estimate of drug-likeness (QED) is 0.0617. The fourth-order valence-electron chi connectivity index (χ4n) is 8.63. The van der Waals surface area contributed by atoms with Gasteiger partial charge in [0.15, 0.2) is 5.71 Å². The number of hydroxylamine groups is 2. The van der Waals surface area contributed by atoms with Gasteiger partial charge in [0, 0.05) is 85.5 Å². The maximum Gasteiger partial charge on any atom is 0.333 e. The van der Waals surface area contributed by atoms with Gasteiger partial charge in [0.05, 0.1) is 35.7 Å². The summed E-state index contributed by atoms with van der Waals surface area (Å²) in [5.74, 6) is -0.331. The molecule has 322 valence electrons. The number of carbonyl (C=O) groups excluding carboxylic acids is 3. The second-order valence-corrected chi connectivity index (χ2v) is 18.2. The molecule has 0 N–H and O–H groups in total. The molecule has 0 bridgehead atoms. The lowest BCUT2D eigenvalue weighted by Crippen LogP contribution is -2.46. The molecule has 0 spiro atoms. The van der Waals surface area contributed by atoms with Gasteiger partial charge in [-0.2, -0.15) is 4.58 Å². The topological polar surface area (TPSA) is 155 Å². The number of allylic oxidation sites excluding steroid dienone is 4. The van der Waals surface area contributed by atoms with E-state index in [1.807, 2.05) is 50.3 Å². The van der Waals surface area contributed by atoms with E-state index in [1.165, 1.54) is 12.1 Å². The molecule has 0 saturated carbocycles. The molecule has 0 aromatic heterocycles. The van der Waals surface area contributed by atoms with E-state index in [9.17, 15) is 27.4 Å². The van der Waals surface area contributed by atoms with E-state index in [2.05, 4.69) is 54.5 Å². The average molecular weight is 852 g/mol. The van der Waals surface area contributed by atoms with Crippen molar-refractivity contribution in [2.75, 3.05) is 44.9 Å². The van der Waals surface area contributed by atoms with Crippen molar-refractivity contribution in [3.05, 3.63) is 101 Å². The van der Waals surface area contributed by atoms with Crippen LogP contribution < -0.4 is 9.64 Å². The first kappa shape index (κ1) is 43.7. The van der Waals surface area contributed by atoms with Crippen LogP contribution in [0.5, 0.6) is 5.75 Å². The fraction of sp³-hybridized carbons (Fsp3) is 0.404. The Morgan fingerprint density at radius 2 is 1.67 bits per heavy atom. The van der Waals surface area contributed by atoms with Gasteiger partial charge in [-0.15, -0.1) is 5.06 Å². The minimum absolute atomic E-state index is 0.0284. The molecule has 7 rings (SSSR count). The van der Waals surface area contributed by atoms with Crippen molar-refractivity contribution >= 4 is 61.9 Å². The molecule has 13 nitrogen and oxygen atoms in total. The number of carbonyl (C=O) groups is 3. The third kappa shape index (κ3) is 9.13. The SMILES string of the molecule is COCCOCCN1c2cc3c(cc2C(C)=CC1(C)C)/C(=C/C1=[N+](CCCCCC(=O)ON2C(=O)CCC2=O)c2ccc(S(=O)(=O)[O-])cc2C1(C)C)C=C(c1ccccc1)O3. The van der Waals surface area contributed by atoms with Crippen molar-refractivity contribution in [3.8, 4) is 5.75 Å². The van der Waals surface area contributed by atoms with Gasteiger partial charge in [0.1, 0.15) is 28.2 Å². The van der Waals surface area contributed by atoms with Crippen molar-refractivity contribution in [2.45, 2.75) is 89.0 Å². The van der Waals surface area contributed by atoms with Crippen molar-refractivity contribution in [2.24, 2.45) is 0 Å². The molecule has 4 heterocycles. The molecular weight excluding hydrogens is 799 g/mol. The molecule has 3 aromatic rings. The van der Waals surface area contributed by atoms with Gasteiger partial charge in [-0.25, -0.2) is 13.2 Å². The van der Waals surface area contributed by atoms with Gasteiger partial charge in [-0.05, 0) is 82.9 Å². The second-order valence-electron chi connectivity index (χ2n) is 16.8. The lowest BCUT2D eigenvalue weighted by atomic mass is 9.80. The summed E-state index contributed by atoms with van der Waals surface area (Å²) in [5, 5.41) is 0.563. The summed E-state index contributed by atoms with van der Waals surface area (Å²) in [6.07, 6.45) is 8.26. The predicted octanol–water partition coefficient (Wildman–Crippen LogP) is 7.32. The largest absolute Gasteiger partial charge is 0.744 e. The van der Waals surface area contributed by atoms with E-state index in [4.69, 9.17) is 19.0 Å². The summed E-state index contributed by atoms with van der Waals surface area (Å²) < 4.78 is 56.9. The maximum atomic E-state index is 12.5. The van der Waals surface area contributed by atoms with Crippen LogP contribution in [0, 0.1) is 0 Å². The maximum absolute atomic E-state index is 12.5. The molecule has 2 amide bonds.